The molecule has 2 atom stereocenters. The maximum Gasteiger partial charge on any atom is 0.362 e. The second-order valence-corrected chi connectivity index (χ2v) is 8.06. The van der Waals surface area contributed by atoms with Gasteiger partial charge in [-0.05, 0) is 58.3 Å². The normalized spacial score (nSPS) is 14.6. The minimum atomic E-state index is -0.689. The molecular weight excluding hydrogens is 338 g/mol. The Bertz CT molecular complexity index is 385. The SMILES string of the molecule is C/C=C/CCCC(O)C[N+](CCCCC)(CCCCC)C(CCC)C(=O)O. The number of aliphatic hydroxyl groups is 1. The molecule has 0 spiro atoms. The van der Waals surface area contributed by atoms with E-state index in [4.69, 9.17) is 0 Å². The van der Waals surface area contributed by atoms with Crippen molar-refractivity contribution in [3.05, 3.63) is 12.2 Å². The second kappa shape index (κ2) is 16.1. The van der Waals surface area contributed by atoms with Crippen LogP contribution in [0.15, 0.2) is 12.2 Å². The summed E-state index contributed by atoms with van der Waals surface area (Å²) < 4.78 is 0.563. The van der Waals surface area contributed by atoms with Crippen molar-refractivity contribution in [3.63, 3.8) is 0 Å². The van der Waals surface area contributed by atoms with Crippen LogP contribution in [0.4, 0.5) is 0 Å². The summed E-state index contributed by atoms with van der Waals surface area (Å²) in [5.74, 6) is -0.689. The van der Waals surface area contributed by atoms with Gasteiger partial charge in [0.25, 0.3) is 0 Å². The molecule has 0 bridgehead atoms. The van der Waals surface area contributed by atoms with Crippen molar-refractivity contribution < 1.29 is 19.5 Å². The van der Waals surface area contributed by atoms with Gasteiger partial charge < -0.3 is 14.7 Å². The largest absolute Gasteiger partial charge is 0.477 e. The lowest BCUT2D eigenvalue weighted by molar-refractivity contribution is -0.946. The Morgan fingerprint density at radius 2 is 1.52 bits per heavy atom. The van der Waals surface area contributed by atoms with Crippen LogP contribution in [0, 0.1) is 0 Å². The highest BCUT2D eigenvalue weighted by Crippen LogP contribution is 2.25. The van der Waals surface area contributed by atoms with Crippen molar-refractivity contribution in [1.29, 1.82) is 0 Å². The van der Waals surface area contributed by atoms with Crippen LogP contribution in [0.2, 0.25) is 0 Å². The minimum absolute atomic E-state index is 0.395. The first-order chi connectivity index (χ1) is 13.0. The molecule has 0 heterocycles. The number of allylic oxidation sites excluding steroid dienone is 2. The predicted molar refractivity (Wildman–Crippen MR) is 115 cm³/mol. The quantitative estimate of drug-likeness (QED) is 0.185. The third kappa shape index (κ3) is 10.9. The van der Waals surface area contributed by atoms with E-state index in [-0.39, 0.29) is 0 Å². The maximum atomic E-state index is 12.2. The van der Waals surface area contributed by atoms with Gasteiger partial charge in [-0.25, -0.2) is 4.79 Å². The van der Waals surface area contributed by atoms with E-state index in [1.54, 1.807) is 0 Å². The molecule has 0 amide bonds. The van der Waals surface area contributed by atoms with Crippen molar-refractivity contribution in [1.82, 2.24) is 0 Å². The van der Waals surface area contributed by atoms with Crippen molar-refractivity contribution in [2.24, 2.45) is 0 Å². The monoisotopic (exact) mass is 384 g/mol. The number of aliphatic carboxylic acids is 1. The average Bonchev–Trinajstić information content (AvgIpc) is 2.63. The lowest BCUT2D eigenvalue weighted by atomic mass is 10.0. The first-order valence-corrected chi connectivity index (χ1v) is 11.3. The fraction of sp³-hybridized carbons (Fsp3) is 0.870. The first kappa shape index (κ1) is 26.1. The number of quaternary nitrogens is 1. The van der Waals surface area contributed by atoms with E-state index in [2.05, 4.69) is 26.8 Å². The summed E-state index contributed by atoms with van der Waals surface area (Å²) in [5, 5.41) is 20.8. The van der Waals surface area contributed by atoms with Gasteiger partial charge in [0.15, 0.2) is 6.04 Å². The van der Waals surface area contributed by atoms with Crippen LogP contribution < -0.4 is 0 Å². The highest BCUT2D eigenvalue weighted by molar-refractivity contribution is 5.72. The molecule has 4 nitrogen and oxygen atoms in total. The summed E-state index contributed by atoms with van der Waals surface area (Å²) in [4.78, 5) is 12.2. The van der Waals surface area contributed by atoms with E-state index in [0.29, 0.717) is 17.4 Å². The number of nitrogens with zero attached hydrogens (tertiary/aromatic N) is 1. The molecule has 0 aromatic rings. The van der Waals surface area contributed by atoms with Gasteiger partial charge in [-0.3, -0.25) is 0 Å². The molecule has 0 aliphatic rings. The van der Waals surface area contributed by atoms with Crippen LogP contribution in [-0.2, 0) is 4.79 Å². The predicted octanol–water partition coefficient (Wildman–Crippen LogP) is 5.54. The van der Waals surface area contributed by atoms with Gasteiger partial charge >= 0.3 is 5.97 Å². The molecule has 0 fully saturated rings. The molecule has 2 N–H and O–H groups in total. The van der Waals surface area contributed by atoms with Crippen molar-refractivity contribution in [3.8, 4) is 0 Å². The standard InChI is InChI=1S/C23H45NO3/c1-5-9-12-13-17-21(25)20-24(18-14-10-6-2,19-15-11-7-3)22(16-8-4)23(26)27/h5,9,21-22,25H,6-8,10-20H2,1-4H3/p+1/b9-5+. The van der Waals surface area contributed by atoms with Crippen molar-refractivity contribution >= 4 is 5.97 Å². The Kier molecular flexibility index (Phi) is 15.6. The molecule has 0 aliphatic heterocycles. The third-order valence-corrected chi connectivity index (χ3v) is 5.64. The number of carboxylic acid groups (broad SMARTS) is 1. The topological polar surface area (TPSA) is 57.5 Å². The number of hydrogen-bond acceptors (Lipinski definition) is 2. The van der Waals surface area contributed by atoms with Gasteiger partial charge in [-0.1, -0.05) is 45.8 Å². The van der Waals surface area contributed by atoms with E-state index in [1.807, 2.05) is 13.0 Å². The number of hydrogen-bond donors (Lipinski definition) is 2. The lowest BCUT2D eigenvalue weighted by Gasteiger charge is -2.44. The van der Waals surface area contributed by atoms with E-state index in [9.17, 15) is 15.0 Å². The Morgan fingerprint density at radius 3 is 1.96 bits per heavy atom. The maximum absolute atomic E-state index is 12.2. The van der Waals surface area contributed by atoms with Crippen LogP contribution in [0.5, 0.6) is 0 Å². The van der Waals surface area contributed by atoms with E-state index in [1.165, 1.54) is 0 Å². The van der Waals surface area contributed by atoms with Crippen LogP contribution in [0.3, 0.4) is 0 Å². The van der Waals surface area contributed by atoms with Crippen LogP contribution in [0.25, 0.3) is 0 Å². The minimum Gasteiger partial charge on any atom is -0.477 e. The molecule has 27 heavy (non-hydrogen) atoms. The van der Waals surface area contributed by atoms with Gasteiger partial charge in [0.1, 0.15) is 12.6 Å². The Balaban J connectivity index is 5.39. The highest BCUT2D eigenvalue weighted by atomic mass is 16.4. The zero-order valence-electron chi connectivity index (χ0n) is 18.5. The summed E-state index contributed by atoms with van der Waals surface area (Å²) in [6.07, 6.45) is 14.6. The van der Waals surface area contributed by atoms with E-state index in [0.717, 1.165) is 77.3 Å². The molecule has 2 unspecified atom stereocenters. The van der Waals surface area contributed by atoms with Gasteiger partial charge in [0.2, 0.25) is 0 Å². The summed E-state index contributed by atoms with van der Waals surface area (Å²) in [6.45, 7) is 10.8. The molecule has 0 radical (unpaired) electrons. The smallest absolute Gasteiger partial charge is 0.362 e. The Hall–Kier alpha value is -0.870. The molecule has 4 heteroatoms. The highest BCUT2D eigenvalue weighted by Gasteiger charge is 2.41. The van der Waals surface area contributed by atoms with Crippen LogP contribution >= 0.6 is 0 Å². The van der Waals surface area contributed by atoms with Gasteiger partial charge in [-0.15, -0.1) is 0 Å². The van der Waals surface area contributed by atoms with Gasteiger partial charge in [0.05, 0.1) is 13.1 Å². The fourth-order valence-electron chi connectivity index (χ4n) is 4.14. The first-order valence-electron chi connectivity index (χ1n) is 11.3. The number of aliphatic hydroxyl groups excluding tert-OH is 1. The number of carbonyl (C=O) groups is 1. The Morgan fingerprint density at radius 1 is 0.926 bits per heavy atom. The Labute approximate surface area is 168 Å². The molecular formula is C23H46NO3+. The summed E-state index contributed by atoms with van der Waals surface area (Å²) in [7, 11) is 0. The zero-order chi connectivity index (χ0) is 20.5. The van der Waals surface area contributed by atoms with Crippen LogP contribution in [0.1, 0.15) is 98.3 Å². The third-order valence-electron chi connectivity index (χ3n) is 5.64. The molecule has 0 aliphatic carbocycles. The number of rotatable bonds is 18. The van der Waals surface area contributed by atoms with E-state index < -0.39 is 18.1 Å². The summed E-state index contributed by atoms with van der Waals surface area (Å²) in [6, 6.07) is -0.395. The summed E-state index contributed by atoms with van der Waals surface area (Å²) >= 11 is 0. The molecule has 0 rings (SSSR count). The van der Waals surface area contributed by atoms with Crippen molar-refractivity contribution in [2.45, 2.75) is 110 Å². The van der Waals surface area contributed by atoms with Gasteiger partial charge in [0, 0.05) is 6.42 Å². The average molecular weight is 385 g/mol. The second-order valence-electron chi connectivity index (χ2n) is 8.06. The van der Waals surface area contributed by atoms with Gasteiger partial charge in [-0.2, -0.15) is 0 Å². The van der Waals surface area contributed by atoms with Crippen LogP contribution in [-0.4, -0.2) is 52.4 Å². The zero-order valence-corrected chi connectivity index (χ0v) is 18.5. The number of carboxylic acids is 1. The molecule has 0 aromatic heterocycles. The molecule has 0 aromatic carbocycles. The molecule has 0 saturated carbocycles. The fourth-order valence-corrected chi connectivity index (χ4v) is 4.14. The number of unbranched alkanes of at least 4 members (excludes halogenated alkanes) is 5. The molecule has 0 saturated heterocycles. The lowest BCUT2D eigenvalue weighted by Crippen LogP contribution is -2.62. The van der Waals surface area contributed by atoms with Crippen molar-refractivity contribution in [2.75, 3.05) is 19.6 Å². The van der Waals surface area contributed by atoms with E-state index >= 15 is 0 Å². The molecule has 160 valence electrons. The summed E-state index contributed by atoms with van der Waals surface area (Å²) in [5.41, 5.74) is 0.